The van der Waals surface area contributed by atoms with Crippen LogP contribution in [0.2, 0.25) is 5.02 Å². The van der Waals surface area contributed by atoms with Gasteiger partial charge in [0.15, 0.2) is 0 Å². The van der Waals surface area contributed by atoms with Crippen molar-refractivity contribution in [2.45, 2.75) is 26.7 Å². The summed E-state index contributed by atoms with van der Waals surface area (Å²) in [5.74, 6) is 0.295. The lowest BCUT2D eigenvalue weighted by Crippen LogP contribution is -2.16. The van der Waals surface area contributed by atoms with Crippen LogP contribution in [0.5, 0.6) is 0 Å². The Balaban J connectivity index is 3.00. The smallest absolute Gasteiger partial charge is 0.139 e. The minimum Gasteiger partial charge on any atom is -0.299 e. The summed E-state index contributed by atoms with van der Waals surface area (Å²) in [7, 11) is 0. The van der Waals surface area contributed by atoms with Gasteiger partial charge >= 0.3 is 0 Å². The standard InChI is InChI=1S/C11H14ClNO/c1-7(2)11(8(3)14)10-5-4-9(12)6-13-10/h4-7,11H,1-3H3. The van der Waals surface area contributed by atoms with E-state index in [-0.39, 0.29) is 17.6 Å². The molecule has 14 heavy (non-hydrogen) atoms. The van der Waals surface area contributed by atoms with Crippen molar-refractivity contribution in [2.75, 3.05) is 0 Å². The van der Waals surface area contributed by atoms with E-state index in [0.717, 1.165) is 5.69 Å². The molecule has 0 aliphatic carbocycles. The third-order valence-electron chi connectivity index (χ3n) is 2.17. The summed E-state index contributed by atoms with van der Waals surface area (Å²) in [6.07, 6.45) is 1.58. The number of Topliss-reactive ketones (excluding diaryl/α,β-unsaturated/α-hetero) is 1. The van der Waals surface area contributed by atoms with Crippen LogP contribution in [0.15, 0.2) is 18.3 Å². The lowest BCUT2D eigenvalue weighted by atomic mass is 9.89. The van der Waals surface area contributed by atoms with Gasteiger partial charge in [-0.2, -0.15) is 0 Å². The maximum absolute atomic E-state index is 11.4. The van der Waals surface area contributed by atoms with E-state index in [9.17, 15) is 4.79 Å². The second-order valence-corrected chi connectivity index (χ2v) is 4.17. The first kappa shape index (κ1) is 11.2. The molecule has 0 fully saturated rings. The molecule has 1 heterocycles. The number of rotatable bonds is 3. The van der Waals surface area contributed by atoms with Crippen LogP contribution in [-0.2, 0) is 4.79 Å². The molecule has 0 bridgehead atoms. The predicted octanol–water partition coefficient (Wildman–Crippen LogP) is 3.06. The lowest BCUT2D eigenvalue weighted by Gasteiger charge is -2.16. The normalized spacial score (nSPS) is 12.9. The van der Waals surface area contributed by atoms with Crippen LogP contribution in [0, 0.1) is 5.92 Å². The van der Waals surface area contributed by atoms with Crippen molar-refractivity contribution < 1.29 is 4.79 Å². The predicted molar refractivity (Wildman–Crippen MR) is 57.5 cm³/mol. The minimum atomic E-state index is -0.118. The van der Waals surface area contributed by atoms with Crippen LogP contribution in [0.3, 0.4) is 0 Å². The third-order valence-corrected chi connectivity index (χ3v) is 2.40. The molecule has 1 aromatic heterocycles. The van der Waals surface area contributed by atoms with Crippen molar-refractivity contribution in [3.63, 3.8) is 0 Å². The third kappa shape index (κ3) is 2.55. The summed E-state index contributed by atoms with van der Waals surface area (Å²) in [5, 5.41) is 0.597. The quantitative estimate of drug-likeness (QED) is 0.769. The van der Waals surface area contributed by atoms with E-state index in [2.05, 4.69) is 4.98 Å². The Morgan fingerprint density at radius 3 is 2.43 bits per heavy atom. The van der Waals surface area contributed by atoms with E-state index in [1.807, 2.05) is 19.9 Å². The van der Waals surface area contributed by atoms with Crippen molar-refractivity contribution >= 4 is 17.4 Å². The lowest BCUT2D eigenvalue weighted by molar-refractivity contribution is -0.119. The van der Waals surface area contributed by atoms with Gasteiger partial charge in [-0.05, 0) is 25.0 Å². The van der Waals surface area contributed by atoms with Crippen LogP contribution in [-0.4, -0.2) is 10.8 Å². The molecule has 0 N–H and O–H groups in total. The van der Waals surface area contributed by atoms with Gasteiger partial charge < -0.3 is 0 Å². The first-order chi connectivity index (χ1) is 6.52. The zero-order chi connectivity index (χ0) is 10.7. The number of halogens is 1. The molecule has 1 unspecified atom stereocenters. The highest BCUT2D eigenvalue weighted by molar-refractivity contribution is 6.30. The number of ketones is 1. The topological polar surface area (TPSA) is 30.0 Å². The molecule has 76 valence electrons. The average molecular weight is 212 g/mol. The molecular weight excluding hydrogens is 198 g/mol. The Morgan fingerprint density at radius 1 is 1.43 bits per heavy atom. The van der Waals surface area contributed by atoms with Crippen LogP contribution < -0.4 is 0 Å². The van der Waals surface area contributed by atoms with Gasteiger partial charge in [0, 0.05) is 6.20 Å². The van der Waals surface area contributed by atoms with Gasteiger partial charge in [0.25, 0.3) is 0 Å². The molecule has 3 heteroatoms. The molecule has 0 aliphatic heterocycles. The average Bonchev–Trinajstić information content (AvgIpc) is 2.07. The van der Waals surface area contributed by atoms with E-state index in [4.69, 9.17) is 11.6 Å². The Morgan fingerprint density at radius 2 is 2.07 bits per heavy atom. The Hall–Kier alpha value is -0.890. The fraction of sp³-hybridized carbons (Fsp3) is 0.455. The summed E-state index contributed by atoms with van der Waals surface area (Å²) >= 11 is 5.73. The molecule has 0 aromatic carbocycles. The van der Waals surface area contributed by atoms with Gasteiger partial charge in [-0.15, -0.1) is 0 Å². The first-order valence-corrected chi connectivity index (χ1v) is 5.02. The maximum Gasteiger partial charge on any atom is 0.139 e. The summed E-state index contributed by atoms with van der Waals surface area (Å²) in [5.41, 5.74) is 0.803. The van der Waals surface area contributed by atoms with Gasteiger partial charge in [-0.3, -0.25) is 9.78 Å². The molecule has 0 aliphatic rings. The zero-order valence-electron chi connectivity index (χ0n) is 8.62. The van der Waals surface area contributed by atoms with Crippen LogP contribution >= 0.6 is 11.6 Å². The number of carbonyl (C=O) groups is 1. The SMILES string of the molecule is CC(=O)C(c1ccc(Cl)cn1)C(C)C. The summed E-state index contributed by atoms with van der Waals surface area (Å²) in [6.45, 7) is 5.63. The summed E-state index contributed by atoms with van der Waals surface area (Å²) in [6, 6.07) is 3.58. The second kappa shape index (κ2) is 4.56. The minimum absolute atomic E-state index is 0.118. The van der Waals surface area contributed by atoms with Crippen LogP contribution in [0.4, 0.5) is 0 Å². The molecule has 0 saturated carbocycles. The number of nitrogens with zero attached hydrogens (tertiary/aromatic N) is 1. The van der Waals surface area contributed by atoms with Crippen molar-refractivity contribution in [3.8, 4) is 0 Å². The van der Waals surface area contributed by atoms with E-state index in [1.165, 1.54) is 0 Å². The van der Waals surface area contributed by atoms with Crippen molar-refractivity contribution in [2.24, 2.45) is 5.92 Å². The summed E-state index contributed by atoms with van der Waals surface area (Å²) in [4.78, 5) is 15.6. The summed E-state index contributed by atoms with van der Waals surface area (Å²) < 4.78 is 0. The number of hydrogen-bond acceptors (Lipinski definition) is 2. The molecule has 0 saturated heterocycles. The highest BCUT2D eigenvalue weighted by atomic mass is 35.5. The van der Waals surface area contributed by atoms with E-state index in [1.54, 1.807) is 19.2 Å². The van der Waals surface area contributed by atoms with Gasteiger partial charge in [-0.25, -0.2) is 0 Å². The Bertz CT molecular complexity index is 319. The molecule has 0 radical (unpaired) electrons. The van der Waals surface area contributed by atoms with Gasteiger partial charge in [0.05, 0.1) is 16.6 Å². The molecular formula is C11H14ClNO. The largest absolute Gasteiger partial charge is 0.299 e. The number of aromatic nitrogens is 1. The van der Waals surface area contributed by atoms with E-state index >= 15 is 0 Å². The number of hydrogen-bond donors (Lipinski definition) is 0. The monoisotopic (exact) mass is 211 g/mol. The van der Waals surface area contributed by atoms with Crippen LogP contribution in [0.1, 0.15) is 32.4 Å². The zero-order valence-corrected chi connectivity index (χ0v) is 9.38. The fourth-order valence-electron chi connectivity index (χ4n) is 1.59. The molecule has 0 spiro atoms. The molecule has 1 atom stereocenters. The van der Waals surface area contributed by atoms with Crippen LogP contribution in [0.25, 0.3) is 0 Å². The Labute approximate surface area is 89.3 Å². The molecule has 0 amide bonds. The van der Waals surface area contributed by atoms with Crippen molar-refractivity contribution in [3.05, 3.63) is 29.0 Å². The number of pyridine rings is 1. The first-order valence-electron chi connectivity index (χ1n) is 4.64. The second-order valence-electron chi connectivity index (χ2n) is 3.73. The van der Waals surface area contributed by atoms with Crippen molar-refractivity contribution in [1.29, 1.82) is 0 Å². The number of carbonyl (C=O) groups excluding carboxylic acids is 1. The van der Waals surface area contributed by atoms with Crippen molar-refractivity contribution in [1.82, 2.24) is 4.98 Å². The van der Waals surface area contributed by atoms with E-state index < -0.39 is 0 Å². The van der Waals surface area contributed by atoms with E-state index in [0.29, 0.717) is 5.02 Å². The van der Waals surface area contributed by atoms with Gasteiger partial charge in [0.2, 0.25) is 0 Å². The molecule has 2 nitrogen and oxygen atoms in total. The maximum atomic E-state index is 11.4. The highest BCUT2D eigenvalue weighted by Crippen LogP contribution is 2.24. The van der Waals surface area contributed by atoms with Gasteiger partial charge in [0.1, 0.15) is 5.78 Å². The highest BCUT2D eigenvalue weighted by Gasteiger charge is 2.21. The van der Waals surface area contributed by atoms with Gasteiger partial charge in [-0.1, -0.05) is 25.4 Å². The Kier molecular flexibility index (Phi) is 3.64. The molecule has 1 aromatic rings. The molecule has 1 rings (SSSR count). The fourth-order valence-corrected chi connectivity index (χ4v) is 1.70.